The Labute approximate surface area is 128 Å². The predicted molar refractivity (Wildman–Crippen MR) is 70.8 cm³/mol. The number of carbonyl (C=O) groups excluding carboxylic acids is 2. The molecule has 1 aromatic carbocycles. The first-order chi connectivity index (χ1) is 10.2. The van der Waals surface area contributed by atoms with Crippen LogP contribution in [0.25, 0.3) is 0 Å². The molecule has 0 bridgehead atoms. The number of benzene rings is 1. The van der Waals surface area contributed by atoms with Gasteiger partial charge in [-0.1, -0.05) is 11.6 Å². The van der Waals surface area contributed by atoms with Gasteiger partial charge in [0.25, 0.3) is 0 Å². The van der Waals surface area contributed by atoms with E-state index < -0.39 is 29.7 Å². The highest BCUT2D eigenvalue weighted by Crippen LogP contribution is 2.40. The van der Waals surface area contributed by atoms with Gasteiger partial charge in [0.1, 0.15) is 5.69 Å². The van der Waals surface area contributed by atoms with Crippen LogP contribution in [-0.2, 0) is 9.53 Å². The van der Waals surface area contributed by atoms with Crippen LogP contribution >= 0.6 is 11.6 Å². The summed E-state index contributed by atoms with van der Waals surface area (Å²) in [5, 5.41) is 1.91. The Balaban J connectivity index is 2.41. The highest BCUT2D eigenvalue weighted by atomic mass is 35.5. The predicted octanol–water partition coefficient (Wildman–Crippen LogP) is 3.37. The van der Waals surface area contributed by atoms with Crippen LogP contribution in [0.4, 0.5) is 18.9 Å². The Morgan fingerprint density at radius 2 is 1.95 bits per heavy atom. The first kappa shape index (κ1) is 16.4. The van der Waals surface area contributed by atoms with Crippen molar-refractivity contribution >= 4 is 29.2 Å². The van der Waals surface area contributed by atoms with Crippen LogP contribution in [0.2, 0.25) is 5.02 Å². The molecule has 5 nitrogen and oxygen atoms in total. The molecule has 1 N–H and O–H groups in total. The fraction of sp³-hybridized carbons (Fsp3) is 0.385. The Morgan fingerprint density at radius 3 is 2.45 bits per heavy atom. The van der Waals surface area contributed by atoms with Gasteiger partial charge in [0.05, 0.1) is 17.7 Å². The molecule has 1 aromatic rings. The third-order valence-electron chi connectivity index (χ3n) is 2.93. The van der Waals surface area contributed by atoms with Crippen molar-refractivity contribution in [2.24, 2.45) is 5.92 Å². The third-order valence-corrected chi connectivity index (χ3v) is 3.32. The van der Waals surface area contributed by atoms with Crippen molar-refractivity contribution in [3.8, 4) is 5.75 Å². The van der Waals surface area contributed by atoms with Gasteiger partial charge in [0.2, 0.25) is 5.91 Å². The van der Waals surface area contributed by atoms with E-state index in [-0.39, 0.29) is 16.5 Å². The van der Waals surface area contributed by atoms with Crippen LogP contribution < -0.4 is 10.1 Å². The number of carbonyl (C=O) groups is 2. The zero-order chi connectivity index (χ0) is 16.5. The van der Waals surface area contributed by atoms with E-state index in [1.54, 1.807) is 0 Å². The molecule has 0 saturated heterocycles. The molecular weight excluding hydrogens is 327 g/mol. The average Bonchev–Trinajstić information content (AvgIpc) is 3.25. The fourth-order valence-electron chi connectivity index (χ4n) is 1.72. The molecule has 0 aliphatic heterocycles. The van der Waals surface area contributed by atoms with Crippen LogP contribution in [0.15, 0.2) is 12.1 Å². The highest BCUT2D eigenvalue weighted by molar-refractivity contribution is 6.37. The van der Waals surface area contributed by atoms with Crippen molar-refractivity contribution in [2.75, 3.05) is 12.4 Å². The number of hydrogen-bond donors (Lipinski definition) is 1. The monoisotopic (exact) mass is 337 g/mol. The van der Waals surface area contributed by atoms with Gasteiger partial charge in [0, 0.05) is 5.92 Å². The maximum absolute atomic E-state index is 12.4. The number of methoxy groups -OCH3 is 1. The average molecular weight is 338 g/mol. The van der Waals surface area contributed by atoms with Gasteiger partial charge in [-0.25, -0.2) is 4.79 Å². The van der Waals surface area contributed by atoms with E-state index in [0.717, 1.165) is 19.2 Å². The van der Waals surface area contributed by atoms with Crippen molar-refractivity contribution in [1.29, 1.82) is 0 Å². The van der Waals surface area contributed by atoms with E-state index in [2.05, 4.69) is 14.8 Å². The first-order valence-corrected chi connectivity index (χ1v) is 6.58. The van der Waals surface area contributed by atoms with Crippen molar-refractivity contribution in [1.82, 2.24) is 0 Å². The lowest BCUT2D eigenvalue weighted by Crippen LogP contribution is -2.21. The summed E-state index contributed by atoms with van der Waals surface area (Å²) in [5.41, 5.74) is -0.580. The summed E-state index contributed by atoms with van der Waals surface area (Å²) >= 11 is 5.92. The molecule has 22 heavy (non-hydrogen) atoms. The lowest BCUT2D eigenvalue weighted by Gasteiger charge is -2.16. The number of halogens is 4. The van der Waals surface area contributed by atoms with Gasteiger partial charge in [-0.3, -0.25) is 4.79 Å². The van der Waals surface area contributed by atoms with E-state index in [4.69, 9.17) is 11.6 Å². The van der Waals surface area contributed by atoms with Crippen LogP contribution in [0.3, 0.4) is 0 Å². The maximum Gasteiger partial charge on any atom is 0.573 e. The maximum atomic E-state index is 12.4. The highest BCUT2D eigenvalue weighted by Gasteiger charge is 2.35. The van der Waals surface area contributed by atoms with E-state index in [1.807, 2.05) is 0 Å². The summed E-state index contributed by atoms with van der Waals surface area (Å²) < 4.78 is 45.6. The lowest BCUT2D eigenvalue weighted by atomic mass is 10.1. The van der Waals surface area contributed by atoms with Gasteiger partial charge in [-0.05, 0) is 25.0 Å². The molecule has 1 fully saturated rings. The zero-order valence-electron chi connectivity index (χ0n) is 11.3. The molecule has 0 heterocycles. The van der Waals surface area contributed by atoms with Crippen LogP contribution in [0, 0.1) is 5.92 Å². The fourth-order valence-corrected chi connectivity index (χ4v) is 2.00. The second-order valence-electron chi connectivity index (χ2n) is 4.60. The number of hydrogen-bond acceptors (Lipinski definition) is 4. The molecular formula is C13H11ClF3NO4. The Hall–Kier alpha value is -1.96. The topological polar surface area (TPSA) is 64.6 Å². The molecule has 2 rings (SSSR count). The molecule has 0 aromatic heterocycles. The van der Waals surface area contributed by atoms with E-state index in [0.29, 0.717) is 12.8 Å². The Morgan fingerprint density at radius 1 is 1.32 bits per heavy atom. The minimum Gasteiger partial charge on any atom is -0.465 e. The summed E-state index contributed by atoms with van der Waals surface area (Å²) in [6.07, 6.45) is -3.67. The van der Waals surface area contributed by atoms with Crippen molar-refractivity contribution < 1.29 is 32.2 Å². The molecule has 120 valence electrons. The second-order valence-corrected chi connectivity index (χ2v) is 4.98. The van der Waals surface area contributed by atoms with Crippen LogP contribution in [0.1, 0.15) is 23.2 Å². The van der Waals surface area contributed by atoms with E-state index in [1.165, 1.54) is 0 Å². The van der Waals surface area contributed by atoms with Crippen molar-refractivity contribution in [3.63, 3.8) is 0 Å². The van der Waals surface area contributed by atoms with Crippen LogP contribution in [-0.4, -0.2) is 25.3 Å². The van der Waals surface area contributed by atoms with Gasteiger partial charge >= 0.3 is 12.3 Å². The molecule has 0 atom stereocenters. The van der Waals surface area contributed by atoms with Gasteiger partial charge in [0.15, 0.2) is 5.75 Å². The summed E-state index contributed by atoms with van der Waals surface area (Å²) in [5.74, 6) is -2.28. The molecule has 0 unspecified atom stereocenters. The normalized spacial score (nSPS) is 14.4. The summed E-state index contributed by atoms with van der Waals surface area (Å²) in [4.78, 5) is 23.3. The summed E-state index contributed by atoms with van der Waals surface area (Å²) in [6.45, 7) is 0. The molecule has 1 amide bonds. The van der Waals surface area contributed by atoms with Gasteiger partial charge in [-0.2, -0.15) is 0 Å². The minimum atomic E-state index is -4.96. The number of esters is 1. The van der Waals surface area contributed by atoms with Crippen molar-refractivity contribution in [3.05, 3.63) is 22.7 Å². The smallest absolute Gasteiger partial charge is 0.465 e. The Bertz CT molecular complexity index is 614. The number of anilines is 1. The molecule has 1 saturated carbocycles. The summed E-state index contributed by atoms with van der Waals surface area (Å²) in [6, 6.07) is 1.93. The molecule has 1 aliphatic carbocycles. The third kappa shape index (κ3) is 3.82. The van der Waals surface area contributed by atoms with Gasteiger partial charge in [-0.15, -0.1) is 13.2 Å². The van der Waals surface area contributed by atoms with Gasteiger partial charge < -0.3 is 14.8 Å². The van der Waals surface area contributed by atoms with E-state index in [9.17, 15) is 22.8 Å². The standard InChI is InChI=1S/C13H11ClF3NO4/c1-21-12(20)7-4-5-8(22-13(15,16)17)10(9(7)14)18-11(19)6-2-3-6/h4-6H,2-3H2,1H3,(H,18,19). The lowest BCUT2D eigenvalue weighted by molar-refractivity contribution is -0.274. The molecule has 0 spiro atoms. The summed E-state index contributed by atoms with van der Waals surface area (Å²) in [7, 11) is 1.10. The molecule has 9 heteroatoms. The number of nitrogens with one attached hydrogen (secondary N) is 1. The quantitative estimate of drug-likeness (QED) is 0.855. The largest absolute Gasteiger partial charge is 0.573 e. The number of amides is 1. The number of rotatable bonds is 4. The van der Waals surface area contributed by atoms with Crippen LogP contribution in [0.5, 0.6) is 5.75 Å². The molecule has 0 radical (unpaired) electrons. The first-order valence-electron chi connectivity index (χ1n) is 6.20. The number of ether oxygens (including phenoxy) is 2. The second kappa shape index (κ2) is 6.04. The molecule has 1 aliphatic rings. The van der Waals surface area contributed by atoms with E-state index >= 15 is 0 Å². The minimum absolute atomic E-state index is 0.176. The zero-order valence-corrected chi connectivity index (χ0v) is 12.0. The van der Waals surface area contributed by atoms with Crippen molar-refractivity contribution in [2.45, 2.75) is 19.2 Å². The SMILES string of the molecule is COC(=O)c1ccc(OC(F)(F)F)c(NC(=O)C2CC2)c1Cl. The number of alkyl halides is 3. The Kier molecular flexibility index (Phi) is 4.50.